The first-order valence-corrected chi connectivity index (χ1v) is 7.42. The van der Waals surface area contributed by atoms with Crippen molar-refractivity contribution in [1.82, 2.24) is 4.90 Å². The molecular formula is C15H20BrNO2. The number of nitrogens with zero attached hydrogens (tertiary/aromatic N) is 1. The monoisotopic (exact) mass is 325 g/mol. The molecule has 1 saturated heterocycles. The van der Waals surface area contributed by atoms with Gasteiger partial charge < -0.3 is 9.64 Å². The van der Waals surface area contributed by atoms with Crippen molar-refractivity contribution in [2.75, 3.05) is 6.54 Å². The highest BCUT2D eigenvalue weighted by Crippen LogP contribution is 2.36. The molecule has 2 rings (SSSR count). The molecule has 0 aliphatic carbocycles. The molecule has 3 nitrogen and oxygen atoms in total. The second-order valence-electron chi connectivity index (χ2n) is 5.85. The van der Waals surface area contributed by atoms with Gasteiger partial charge in [0.05, 0.1) is 6.04 Å². The lowest BCUT2D eigenvalue weighted by Gasteiger charge is -2.29. The molecule has 1 aromatic rings. The van der Waals surface area contributed by atoms with Gasteiger partial charge in [0, 0.05) is 11.0 Å². The Bertz CT molecular complexity index is 467. The average molecular weight is 326 g/mol. The third-order valence-corrected chi connectivity index (χ3v) is 3.87. The Hall–Kier alpha value is -1.03. The van der Waals surface area contributed by atoms with Crippen molar-refractivity contribution in [2.45, 2.75) is 45.3 Å². The Morgan fingerprint density at radius 3 is 2.68 bits per heavy atom. The van der Waals surface area contributed by atoms with Crippen LogP contribution in [0, 0.1) is 0 Å². The molecule has 1 amide bonds. The smallest absolute Gasteiger partial charge is 0.410 e. The van der Waals surface area contributed by atoms with Gasteiger partial charge in [-0.25, -0.2) is 4.79 Å². The maximum atomic E-state index is 12.2. The SMILES string of the molecule is CC(C)(C)OC(=O)N1CCC[C@H]1c1ccccc1Br. The molecule has 1 aromatic carbocycles. The highest BCUT2D eigenvalue weighted by atomic mass is 79.9. The molecule has 104 valence electrons. The molecule has 1 aliphatic heterocycles. The van der Waals surface area contributed by atoms with Gasteiger partial charge in [-0.05, 0) is 45.2 Å². The Labute approximate surface area is 123 Å². The van der Waals surface area contributed by atoms with Gasteiger partial charge in [-0.15, -0.1) is 0 Å². The predicted octanol–water partition coefficient (Wildman–Crippen LogP) is 4.52. The summed E-state index contributed by atoms with van der Waals surface area (Å²) in [5.41, 5.74) is 0.712. The van der Waals surface area contributed by atoms with E-state index in [2.05, 4.69) is 22.0 Å². The van der Waals surface area contributed by atoms with Crippen molar-refractivity contribution in [2.24, 2.45) is 0 Å². The highest BCUT2D eigenvalue weighted by molar-refractivity contribution is 9.10. The van der Waals surface area contributed by atoms with E-state index in [-0.39, 0.29) is 12.1 Å². The van der Waals surface area contributed by atoms with Gasteiger partial charge >= 0.3 is 6.09 Å². The summed E-state index contributed by atoms with van der Waals surface area (Å²) in [5.74, 6) is 0. The van der Waals surface area contributed by atoms with Gasteiger partial charge in [0.2, 0.25) is 0 Å². The van der Waals surface area contributed by atoms with Crippen LogP contribution in [-0.4, -0.2) is 23.1 Å². The summed E-state index contributed by atoms with van der Waals surface area (Å²) >= 11 is 3.57. The van der Waals surface area contributed by atoms with Crippen molar-refractivity contribution >= 4 is 22.0 Å². The molecule has 0 unspecified atom stereocenters. The third kappa shape index (κ3) is 3.50. The molecule has 1 heterocycles. The Balaban J connectivity index is 2.18. The zero-order valence-electron chi connectivity index (χ0n) is 11.6. The van der Waals surface area contributed by atoms with E-state index in [4.69, 9.17) is 4.74 Å². The maximum Gasteiger partial charge on any atom is 0.410 e. The van der Waals surface area contributed by atoms with Crippen LogP contribution in [0.25, 0.3) is 0 Å². The molecule has 1 aliphatic rings. The topological polar surface area (TPSA) is 29.5 Å². The van der Waals surface area contributed by atoms with E-state index in [1.165, 1.54) is 0 Å². The lowest BCUT2D eigenvalue weighted by atomic mass is 10.1. The Kier molecular flexibility index (Phi) is 4.19. The van der Waals surface area contributed by atoms with Crippen LogP contribution in [0.4, 0.5) is 4.79 Å². The molecule has 0 radical (unpaired) electrons. The molecular weight excluding hydrogens is 306 g/mol. The van der Waals surface area contributed by atoms with E-state index in [9.17, 15) is 4.79 Å². The van der Waals surface area contributed by atoms with Gasteiger partial charge in [-0.1, -0.05) is 34.1 Å². The van der Waals surface area contributed by atoms with E-state index in [1.807, 2.05) is 43.9 Å². The lowest BCUT2D eigenvalue weighted by Crippen LogP contribution is -2.36. The van der Waals surface area contributed by atoms with Crippen LogP contribution in [-0.2, 0) is 4.74 Å². The number of hydrogen-bond acceptors (Lipinski definition) is 2. The van der Waals surface area contributed by atoms with E-state index < -0.39 is 5.60 Å². The number of benzene rings is 1. The van der Waals surface area contributed by atoms with Crippen molar-refractivity contribution in [3.8, 4) is 0 Å². The molecule has 0 aromatic heterocycles. The third-order valence-electron chi connectivity index (χ3n) is 3.15. The minimum atomic E-state index is -0.446. The summed E-state index contributed by atoms with van der Waals surface area (Å²) in [6.07, 6.45) is 1.79. The van der Waals surface area contributed by atoms with Gasteiger partial charge in [0.25, 0.3) is 0 Å². The number of halogens is 1. The Morgan fingerprint density at radius 2 is 2.05 bits per heavy atom. The summed E-state index contributed by atoms with van der Waals surface area (Å²) in [4.78, 5) is 14.1. The zero-order chi connectivity index (χ0) is 14.0. The largest absolute Gasteiger partial charge is 0.444 e. The zero-order valence-corrected chi connectivity index (χ0v) is 13.2. The van der Waals surface area contributed by atoms with Crippen LogP contribution in [0.2, 0.25) is 0 Å². The van der Waals surface area contributed by atoms with E-state index in [0.717, 1.165) is 29.4 Å². The van der Waals surface area contributed by atoms with Crippen LogP contribution in [0.1, 0.15) is 45.2 Å². The summed E-state index contributed by atoms with van der Waals surface area (Å²) in [6, 6.07) is 8.19. The van der Waals surface area contributed by atoms with Crippen molar-refractivity contribution in [3.63, 3.8) is 0 Å². The van der Waals surface area contributed by atoms with Crippen LogP contribution < -0.4 is 0 Å². The highest BCUT2D eigenvalue weighted by Gasteiger charge is 2.33. The minimum absolute atomic E-state index is 0.116. The van der Waals surface area contributed by atoms with Gasteiger partial charge in [-0.3, -0.25) is 0 Å². The number of rotatable bonds is 1. The summed E-state index contributed by atoms with van der Waals surface area (Å²) in [6.45, 7) is 6.46. The fraction of sp³-hybridized carbons (Fsp3) is 0.533. The summed E-state index contributed by atoms with van der Waals surface area (Å²) < 4.78 is 6.54. The number of likely N-dealkylation sites (tertiary alicyclic amines) is 1. The molecule has 0 saturated carbocycles. The summed E-state index contributed by atoms with van der Waals surface area (Å²) in [7, 11) is 0. The molecule has 1 fully saturated rings. The molecule has 19 heavy (non-hydrogen) atoms. The van der Waals surface area contributed by atoms with E-state index in [1.54, 1.807) is 0 Å². The number of ether oxygens (including phenoxy) is 1. The average Bonchev–Trinajstić information content (AvgIpc) is 2.76. The number of carbonyl (C=O) groups is 1. The quantitative estimate of drug-likeness (QED) is 0.759. The summed E-state index contributed by atoms with van der Waals surface area (Å²) in [5, 5.41) is 0. The Morgan fingerprint density at radius 1 is 1.37 bits per heavy atom. The molecule has 1 atom stereocenters. The van der Waals surface area contributed by atoms with Crippen LogP contribution in [0.5, 0.6) is 0 Å². The van der Waals surface area contributed by atoms with Crippen molar-refractivity contribution < 1.29 is 9.53 Å². The lowest BCUT2D eigenvalue weighted by molar-refractivity contribution is 0.0224. The van der Waals surface area contributed by atoms with Crippen LogP contribution in [0.15, 0.2) is 28.7 Å². The van der Waals surface area contributed by atoms with Gasteiger partial charge in [0.15, 0.2) is 0 Å². The fourth-order valence-electron chi connectivity index (χ4n) is 2.37. The van der Waals surface area contributed by atoms with Gasteiger partial charge in [-0.2, -0.15) is 0 Å². The maximum absolute atomic E-state index is 12.2. The van der Waals surface area contributed by atoms with Crippen molar-refractivity contribution in [3.05, 3.63) is 34.3 Å². The normalized spacial score (nSPS) is 19.6. The standard InChI is InChI=1S/C15H20BrNO2/c1-15(2,3)19-14(18)17-10-6-9-13(17)11-7-4-5-8-12(11)16/h4-5,7-8,13H,6,9-10H2,1-3H3/t13-/m0/s1. The second-order valence-corrected chi connectivity index (χ2v) is 6.71. The molecule has 0 bridgehead atoms. The molecule has 4 heteroatoms. The number of carbonyl (C=O) groups excluding carboxylic acids is 1. The molecule has 0 spiro atoms. The number of hydrogen-bond donors (Lipinski definition) is 0. The van der Waals surface area contributed by atoms with Gasteiger partial charge in [0.1, 0.15) is 5.60 Å². The van der Waals surface area contributed by atoms with E-state index >= 15 is 0 Å². The second kappa shape index (κ2) is 5.53. The first-order chi connectivity index (χ1) is 8.88. The van der Waals surface area contributed by atoms with Crippen molar-refractivity contribution in [1.29, 1.82) is 0 Å². The fourth-order valence-corrected chi connectivity index (χ4v) is 2.92. The van der Waals surface area contributed by atoms with Crippen LogP contribution in [0.3, 0.4) is 0 Å². The first kappa shape index (κ1) is 14.4. The predicted molar refractivity (Wildman–Crippen MR) is 79.1 cm³/mol. The first-order valence-electron chi connectivity index (χ1n) is 6.62. The minimum Gasteiger partial charge on any atom is -0.444 e. The van der Waals surface area contributed by atoms with Crippen LogP contribution >= 0.6 is 15.9 Å². The molecule has 0 N–H and O–H groups in total. The van der Waals surface area contributed by atoms with E-state index in [0.29, 0.717) is 0 Å². The number of amides is 1.